The molecule has 132 valence electrons. The molecule has 1 aliphatic rings. The largest absolute Gasteiger partial charge is 0.497 e. The molecule has 0 saturated heterocycles. The highest BCUT2D eigenvalue weighted by atomic mass is 16.5. The minimum atomic E-state index is 0.00701. The Morgan fingerprint density at radius 3 is 2.81 bits per heavy atom. The Labute approximate surface area is 151 Å². The maximum absolute atomic E-state index is 12.6. The number of amides is 1. The Kier molecular flexibility index (Phi) is 4.16. The number of hydrogen-bond acceptors (Lipinski definition) is 4. The maximum atomic E-state index is 12.6. The lowest BCUT2D eigenvalue weighted by molar-refractivity contribution is -0.117. The van der Waals surface area contributed by atoms with Gasteiger partial charge in [-0.3, -0.25) is 14.5 Å². The summed E-state index contributed by atoms with van der Waals surface area (Å²) in [7, 11) is 3.46. The van der Waals surface area contributed by atoms with Crippen LogP contribution in [-0.2, 0) is 11.8 Å². The molecule has 1 fully saturated rings. The van der Waals surface area contributed by atoms with E-state index < -0.39 is 0 Å². The van der Waals surface area contributed by atoms with Gasteiger partial charge in [-0.05, 0) is 42.2 Å². The first kappa shape index (κ1) is 16.3. The van der Waals surface area contributed by atoms with E-state index in [9.17, 15) is 4.79 Å². The van der Waals surface area contributed by atoms with Gasteiger partial charge in [-0.25, -0.2) is 0 Å². The van der Waals surface area contributed by atoms with Gasteiger partial charge in [0.1, 0.15) is 11.6 Å². The topological polar surface area (TPSA) is 69.0 Å². The van der Waals surface area contributed by atoms with E-state index in [-0.39, 0.29) is 17.7 Å². The van der Waals surface area contributed by atoms with E-state index >= 15 is 0 Å². The smallest absolute Gasteiger partial charge is 0.229 e. The van der Waals surface area contributed by atoms with Crippen LogP contribution >= 0.6 is 0 Å². The fraction of sp³-hybridized carbons (Fsp3) is 0.250. The van der Waals surface area contributed by atoms with Crippen LogP contribution in [0.2, 0.25) is 0 Å². The molecule has 0 spiro atoms. The molecular weight excluding hydrogens is 328 g/mol. The van der Waals surface area contributed by atoms with Crippen molar-refractivity contribution in [3.8, 4) is 17.0 Å². The predicted octanol–water partition coefficient (Wildman–Crippen LogP) is 3.23. The number of pyridine rings is 1. The maximum Gasteiger partial charge on any atom is 0.229 e. The number of methoxy groups -OCH3 is 1. The molecule has 1 N–H and O–H groups in total. The SMILES string of the molecule is COc1cccc(-c2cc(NC(=O)[C@@H]3C[C@H]3c3ccncc3)n(C)n2)c1. The lowest BCUT2D eigenvalue weighted by Gasteiger charge is -2.04. The van der Waals surface area contributed by atoms with Crippen molar-refractivity contribution in [2.75, 3.05) is 12.4 Å². The summed E-state index contributed by atoms with van der Waals surface area (Å²) in [6.07, 6.45) is 4.41. The number of ether oxygens (including phenoxy) is 1. The summed E-state index contributed by atoms with van der Waals surface area (Å²) in [5.41, 5.74) is 2.91. The molecule has 0 aliphatic heterocycles. The second-order valence-corrected chi connectivity index (χ2v) is 6.49. The molecule has 1 aromatic carbocycles. The van der Waals surface area contributed by atoms with Crippen LogP contribution in [0, 0.1) is 5.92 Å². The lowest BCUT2D eigenvalue weighted by atomic mass is 10.1. The third kappa shape index (κ3) is 3.18. The monoisotopic (exact) mass is 348 g/mol. The number of carbonyl (C=O) groups is 1. The Bertz CT molecular complexity index is 936. The quantitative estimate of drug-likeness (QED) is 0.768. The van der Waals surface area contributed by atoms with Crippen molar-refractivity contribution in [3.05, 3.63) is 60.4 Å². The molecule has 4 rings (SSSR count). The molecule has 3 aromatic rings. The molecule has 26 heavy (non-hydrogen) atoms. The van der Waals surface area contributed by atoms with Gasteiger partial charge in [0.15, 0.2) is 0 Å². The van der Waals surface area contributed by atoms with E-state index in [4.69, 9.17) is 4.74 Å². The lowest BCUT2D eigenvalue weighted by Crippen LogP contribution is -2.16. The van der Waals surface area contributed by atoms with Crippen molar-refractivity contribution in [1.29, 1.82) is 0 Å². The Hall–Kier alpha value is -3.15. The van der Waals surface area contributed by atoms with Crippen molar-refractivity contribution in [1.82, 2.24) is 14.8 Å². The summed E-state index contributed by atoms with van der Waals surface area (Å²) in [5.74, 6) is 1.79. The Morgan fingerprint density at radius 1 is 1.23 bits per heavy atom. The minimum absolute atomic E-state index is 0.00701. The zero-order valence-corrected chi connectivity index (χ0v) is 14.7. The number of aryl methyl sites for hydroxylation is 1. The van der Waals surface area contributed by atoms with Gasteiger partial charge >= 0.3 is 0 Å². The van der Waals surface area contributed by atoms with Crippen molar-refractivity contribution >= 4 is 11.7 Å². The number of benzene rings is 1. The number of anilines is 1. The van der Waals surface area contributed by atoms with Crippen LogP contribution in [0.5, 0.6) is 5.75 Å². The summed E-state index contributed by atoms with van der Waals surface area (Å²) < 4.78 is 6.95. The fourth-order valence-corrected chi connectivity index (χ4v) is 3.19. The Morgan fingerprint density at radius 2 is 2.04 bits per heavy atom. The normalized spacial score (nSPS) is 18.4. The molecule has 2 aromatic heterocycles. The fourth-order valence-electron chi connectivity index (χ4n) is 3.19. The van der Waals surface area contributed by atoms with Crippen molar-refractivity contribution < 1.29 is 9.53 Å². The zero-order chi connectivity index (χ0) is 18.1. The van der Waals surface area contributed by atoms with Gasteiger partial charge in [0.2, 0.25) is 5.91 Å². The average Bonchev–Trinajstić information content (AvgIpc) is 3.41. The van der Waals surface area contributed by atoms with Crippen LogP contribution < -0.4 is 10.1 Å². The van der Waals surface area contributed by atoms with Gasteiger partial charge in [-0.2, -0.15) is 5.10 Å². The van der Waals surface area contributed by atoms with Gasteiger partial charge in [-0.1, -0.05) is 12.1 Å². The minimum Gasteiger partial charge on any atom is -0.497 e. The highest BCUT2D eigenvalue weighted by Gasteiger charge is 2.44. The summed E-state index contributed by atoms with van der Waals surface area (Å²) >= 11 is 0. The second kappa shape index (κ2) is 6.63. The number of nitrogens with one attached hydrogen (secondary N) is 1. The van der Waals surface area contributed by atoms with E-state index in [1.165, 1.54) is 5.56 Å². The highest BCUT2D eigenvalue weighted by Crippen LogP contribution is 2.47. The van der Waals surface area contributed by atoms with E-state index in [1.54, 1.807) is 24.2 Å². The molecular formula is C20H20N4O2. The number of rotatable bonds is 5. The van der Waals surface area contributed by atoms with Gasteiger partial charge in [0, 0.05) is 37.0 Å². The Balaban J connectivity index is 1.47. The van der Waals surface area contributed by atoms with Crippen LogP contribution in [0.3, 0.4) is 0 Å². The van der Waals surface area contributed by atoms with E-state index in [1.807, 2.05) is 49.5 Å². The molecule has 1 amide bonds. The molecule has 6 heteroatoms. The standard InChI is InChI=1S/C20H20N4O2/c1-24-19(12-18(23-24)14-4-3-5-15(10-14)26-2)22-20(25)17-11-16(17)13-6-8-21-9-7-13/h3-10,12,16-17H,11H2,1-2H3,(H,22,25)/t16-,17+/m0/s1. The van der Waals surface area contributed by atoms with Gasteiger partial charge in [0.05, 0.1) is 12.8 Å². The summed E-state index contributed by atoms with van der Waals surface area (Å²) in [4.78, 5) is 16.6. The van der Waals surface area contributed by atoms with Crippen LogP contribution in [-0.4, -0.2) is 27.8 Å². The predicted molar refractivity (Wildman–Crippen MR) is 98.9 cm³/mol. The third-order valence-electron chi connectivity index (χ3n) is 4.76. The number of aromatic nitrogens is 3. The number of hydrogen-bond donors (Lipinski definition) is 1. The summed E-state index contributed by atoms with van der Waals surface area (Å²) in [6.45, 7) is 0. The van der Waals surface area contributed by atoms with Gasteiger partial charge in [-0.15, -0.1) is 0 Å². The summed E-state index contributed by atoms with van der Waals surface area (Å²) in [6, 6.07) is 13.5. The van der Waals surface area contributed by atoms with Crippen LogP contribution in [0.15, 0.2) is 54.9 Å². The van der Waals surface area contributed by atoms with Crippen molar-refractivity contribution in [3.63, 3.8) is 0 Å². The third-order valence-corrected chi connectivity index (χ3v) is 4.76. The molecule has 6 nitrogen and oxygen atoms in total. The number of nitrogens with zero attached hydrogens (tertiary/aromatic N) is 3. The van der Waals surface area contributed by atoms with E-state index in [0.717, 1.165) is 23.4 Å². The molecule has 2 atom stereocenters. The molecule has 1 saturated carbocycles. The van der Waals surface area contributed by atoms with Gasteiger partial charge in [0.25, 0.3) is 0 Å². The molecule has 0 bridgehead atoms. The first-order chi connectivity index (χ1) is 12.7. The van der Waals surface area contributed by atoms with Crippen molar-refractivity contribution in [2.24, 2.45) is 13.0 Å². The van der Waals surface area contributed by atoms with Crippen LogP contribution in [0.4, 0.5) is 5.82 Å². The zero-order valence-electron chi connectivity index (χ0n) is 14.7. The number of carbonyl (C=O) groups excluding carboxylic acids is 1. The molecule has 0 radical (unpaired) electrons. The van der Waals surface area contributed by atoms with E-state index in [0.29, 0.717) is 5.82 Å². The second-order valence-electron chi connectivity index (χ2n) is 6.49. The molecule has 2 heterocycles. The first-order valence-electron chi connectivity index (χ1n) is 8.55. The van der Waals surface area contributed by atoms with Crippen molar-refractivity contribution in [2.45, 2.75) is 12.3 Å². The first-order valence-corrected chi connectivity index (χ1v) is 8.55. The van der Waals surface area contributed by atoms with E-state index in [2.05, 4.69) is 15.4 Å². The van der Waals surface area contributed by atoms with Crippen LogP contribution in [0.1, 0.15) is 17.9 Å². The molecule has 1 aliphatic carbocycles. The van der Waals surface area contributed by atoms with Gasteiger partial charge < -0.3 is 10.1 Å². The molecule has 0 unspecified atom stereocenters. The average molecular weight is 348 g/mol. The summed E-state index contributed by atoms with van der Waals surface area (Å²) in [5, 5.41) is 7.51. The highest BCUT2D eigenvalue weighted by molar-refractivity contribution is 5.95. The van der Waals surface area contributed by atoms with Crippen LogP contribution in [0.25, 0.3) is 11.3 Å².